The molecule has 4 aromatic rings. The molecule has 1 unspecified atom stereocenters. The van der Waals surface area contributed by atoms with Gasteiger partial charge in [0.15, 0.2) is 5.82 Å². The van der Waals surface area contributed by atoms with Crippen molar-refractivity contribution in [3.8, 4) is 11.4 Å². The maximum absolute atomic E-state index is 4.19. The third kappa shape index (κ3) is 3.21. The van der Waals surface area contributed by atoms with E-state index in [1.165, 1.54) is 17.3 Å². The Kier molecular flexibility index (Phi) is 4.44. The van der Waals surface area contributed by atoms with E-state index < -0.39 is 0 Å². The van der Waals surface area contributed by atoms with Gasteiger partial charge in [-0.05, 0) is 59.0 Å². The quantitative estimate of drug-likeness (QED) is 0.503. The van der Waals surface area contributed by atoms with Gasteiger partial charge in [-0.2, -0.15) is 9.36 Å². The van der Waals surface area contributed by atoms with Crippen molar-refractivity contribution in [3.63, 3.8) is 0 Å². The first kappa shape index (κ1) is 16.4. The standard InChI is InChI=1S/C17H16N8S/c1-12-8-10-15(11-9-12)25-17(19-21-23-25)26-13(2)16-18-20-22-24(16)14-6-4-3-5-7-14/h3-11,13H,1-2H3. The minimum atomic E-state index is -0.0413. The van der Waals surface area contributed by atoms with E-state index in [9.17, 15) is 0 Å². The number of tetrazole rings is 2. The molecule has 130 valence electrons. The van der Waals surface area contributed by atoms with Crippen LogP contribution in [0.4, 0.5) is 0 Å². The largest absolute Gasteiger partial charge is 0.214 e. The molecule has 2 aromatic heterocycles. The average Bonchev–Trinajstić information content (AvgIpc) is 3.32. The Morgan fingerprint density at radius 2 is 1.46 bits per heavy atom. The zero-order valence-corrected chi connectivity index (χ0v) is 15.1. The normalized spacial score (nSPS) is 12.2. The Hall–Kier alpha value is -3.07. The minimum absolute atomic E-state index is 0.0413. The number of para-hydroxylation sites is 1. The molecule has 0 aliphatic heterocycles. The monoisotopic (exact) mass is 364 g/mol. The average molecular weight is 364 g/mol. The molecular formula is C17H16N8S. The highest BCUT2D eigenvalue weighted by Crippen LogP contribution is 2.33. The Morgan fingerprint density at radius 3 is 2.23 bits per heavy atom. The lowest BCUT2D eigenvalue weighted by Crippen LogP contribution is -2.06. The summed E-state index contributed by atoms with van der Waals surface area (Å²) in [6.45, 7) is 4.08. The molecule has 8 nitrogen and oxygen atoms in total. The zero-order valence-electron chi connectivity index (χ0n) is 14.3. The van der Waals surface area contributed by atoms with Gasteiger partial charge in [0.1, 0.15) is 0 Å². The molecule has 9 heteroatoms. The molecule has 0 radical (unpaired) electrons. The first-order valence-corrected chi connectivity index (χ1v) is 8.96. The SMILES string of the molecule is Cc1ccc(-n2nnnc2SC(C)c2nnnn2-c2ccccc2)cc1. The summed E-state index contributed by atoms with van der Waals surface area (Å²) in [6.07, 6.45) is 0. The summed E-state index contributed by atoms with van der Waals surface area (Å²) in [5.41, 5.74) is 3.02. The predicted octanol–water partition coefficient (Wildman–Crippen LogP) is 2.80. The van der Waals surface area contributed by atoms with E-state index in [1.54, 1.807) is 9.36 Å². The van der Waals surface area contributed by atoms with Gasteiger partial charge in [-0.25, -0.2) is 0 Å². The van der Waals surface area contributed by atoms with Crippen LogP contribution >= 0.6 is 11.8 Å². The van der Waals surface area contributed by atoms with Crippen LogP contribution in [-0.2, 0) is 0 Å². The summed E-state index contributed by atoms with van der Waals surface area (Å²) in [4.78, 5) is 0. The van der Waals surface area contributed by atoms with Gasteiger partial charge in [-0.3, -0.25) is 0 Å². The first-order valence-electron chi connectivity index (χ1n) is 8.08. The van der Waals surface area contributed by atoms with Crippen LogP contribution in [0.25, 0.3) is 11.4 Å². The molecule has 4 rings (SSSR count). The highest BCUT2D eigenvalue weighted by atomic mass is 32.2. The van der Waals surface area contributed by atoms with Crippen molar-refractivity contribution >= 4 is 11.8 Å². The first-order chi connectivity index (χ1) is 12.7. The third-order valence-electron chi connectivity index (χ3n) is 3.86. The van der Waals surface area contributed by atoms with E-state index >= 15 is 0 Å². The van der Waals surface area contributed by atoms with Gasteiger partial charge in [-0.1, -0.05) is 47.7 Å². The van der Waals surface area contributed by atoms with E-state index in [-0.39, 0.29) is 5.25 Å². The van der Waals surface area contributed by atoms with E-state index in [2.05, 4.69) is 31.1 Å². The van der Waals surface area contributed by atoms with Gasteiger partial charge in [-0.15, -0.1) is 10.2 Å². The summed E-state index contributed by atoms with van der Waals surface area (Å²) in [5, 5.41) is 24.9. The highest BCUT2D eigenvalue weighted by molar-refractivity contribution is 7.99. The van der Waals surface area contributed by atoms with Crippen LogP contribution in [0.15, 0.2) is 59.8 Å². The number of aromatic nitrogens is 8. The van der Waals surface area contributed by atoms with Crippen molar-refractivity contribution < 1.29 is 0 Å². The molecule has 0 bridgehead atoms. The Balaban J connectivity index is 1.61. The number of aryl methyl sites for hydroxylation is 1. The molecular weight excluding hydrogens is 348 g/mol. The fraction of sp³-hybridized carbons (Fsp3) is 0.176. The molecule has 0 aliphatic rings. The Bertz CT molecular complexity index is 993. The predicted molar refractivity (Wildman–Crippen MR) is 97.3 cm³/mol. The molecule has 26 heavy (non-hydrogen) atoms. The highest BCUT2D eigenvalue weighted by Gasteiger charge is 2.20. The van der Waals surface area contributed by atoms with Gasteiger partial charge in [0.25, 0.3) is 0 Å². The lowest BCUT2D eigenvalue weighted by atomic mass is 10.2. The summed E-state index contributed by atoms with van der Waals surface area (Å²) >= 11 is 1.51. The van der Waals surface area contributed by atoms with Gasteiger partial charge < -0.3 is 0 Å². The van der Waals surface area contributed by atoms with Gasteiger partial charge in [0.2, 0.25) is 5.16 Å². The molecule has 0 saturated heterocycles. The van der Waals surface area contributed by atoms with Gasteiger partial charge >= 0.3 is 0 Å². The van der Waals surface area contributed by atoms with E-state index in [0.29, 0.717) is 5.16 Å². The molecule has 0 aliphatic carbocycles. The summed E-state index contributed by atoms with van der Waals surface area (Å²) in [6, 6.07) is 17.9. The van der Waals surface area contributed by atoms with E-state index in [1.807, 2.05) is 68.4 Å². The molecule has 0 saturated carbocycles. The molecule has 2 heterocycles. The van der Waals surface area contributed by atoms with Gasteiger partial charge in [0.05, 0.1) is 16.6 Å². The third-order valence-corrected chi connectivity index (χ3v) is 4.89. The number of hydrogen-bond donors (Lipinski definition) is 0. The summed E-state index contributed by atoms with van der Waals surface area (Å²) in [7, 11) is 0. The molecule has 0 N–H and O–H groups in total. The lowest BCUT2D eigenvalue weighted by Gasteiger charge is -2.11. The molecule has 0 amide bonds. The number of hydrogen-bond acceptors (Lipinski definition) is 7. The number of benzene rings is 2. The van der Waals surface area contributed by atoms with Crippen molar-refractivity contribution in [1.29, 1.82) is 0 Å². The second-order valence-electron chi connectivity index (χ2n) is 5.75. The van der Waals surface area contributed by atoms with Crippen LogP contribution in [0.5, 0.6) is 0 Å². The fourth-order valence-electron chi connectivity index (χ4n) is 2.51. The van der Waals surface area contributed by atoms with Crippen molar-refractivity contribution in [3.05, 3.63) is 66.0 Å². The second kappa shape index (κ2) is 7.04. The van der Waals surface area contributed by atoms with Crippen LogP contribution in [-0.4, -0.2) is 40.4 Å². The molecule has 0 spiro atoms. The lowest BCUT2D eigenvalue weighted by molar-refractivity contribution is 0.747. The minimum Gasteiger partial charge on any atom is -0.196 e. The van der Waals surface area contributed by atoms with Crippen LogP contribution in [0, 0.1) is 6.92 Å². The Morgan fingerprint density at radius 1 is 0.808 bits per heavy atom. The van der Waals surface area contributed by atoms with Crippen LogP contribution in [0.3, 0.4) is 0 Å². The van der Waals surface area contributed by atoms with Crippen molar-refractivity contribution in [2.45, 2.75) is 24.3 Å². The van der Waals surface area contributed by atoms with Crippen LogP contribution in [0.2, 0.25) is 0 Å². The molecule has 1 atom stereocenters. The maximum atomic E-state index is 4.19. The molecule has 2 aromatic carbocycles. The van der Waals surface area contributed by atoms with Crippen LogP contribution in [0.1, 0.15) is 23.6 Å². The maximum Gasteiger partial charge on any atom is 0.214 e. The van der Waals surface area contributed by atoms with Gasteiger partial charge in [0, 0.05) is 0 Å². The van der Waals surface area contributed by atoms with E-state index in [0.717, 1.165) is 17.2 Å². The number of nitrogens with zero attached hydrogens (tertiary/aromatic N) is 8. The fourth-order valence-corrected chi connectivity index (χ4v) is 3.41. The zero-order chi connectivity index (χ0) is 17.9. The molecule has 0 fully saturated rings. The van der Waals surface area contributed by atoms with E-state index in [4.69, 9.17) is 0 Å². The summed E-state index contributed by atoms with van der Waals surface area (Å²) < 4.78 is 3.45. The second-order valence-corrected chi connectivity index (χ2v) is 7.06. The van der Waals surface area contributed by atoms with Crippen LogP contribution < -0.4 is 0 Å². The number of thioether (sulfide) groups is 1. The summed E-state index contributed by atoms with van der Waals surface area (Å²) in [5.74, 6) is 0.736. The van der Waals surface area contributed by atoms with Crippen molar-refractivity contribution in [2.75, 3.05) is 0 Å². The smallest absolute Gasteiger partial charge is 0.196 e. The topological polar surface area (TPSA) is 87.2 Å². The Labute approximate surface area is 154 Å². The van der Waals surface area contributed by atoms with Crippen molar-refractivity contribution in [2.24, 2.45) is 0 Å². The number of rotatable bonds is 5. The van der Waals surface area contributed by atoms with Crippen molar-refractivity contribution in [1.82, 2.24) is 40.4 Å².